The summed E-state index contributed by atoms with van der Waals surface area (Å²) in [7, 11) is 0. The van der Waals surface area contributed by atoms with Crippen LogP contribution in [0.25, 0.3) is 0 Å². The van der Waals surface area contributed by atoms with E-state index in [-0.39, 0.29) is 18.1 Å². The van der Waals surface area contributed by atoms with E-state index in [4.69, 9.17) is 9.47 Å². The number of para-hydroxylation sites is 1. The Kier molecular flexibility index (Phi) is 3.85. The molecular weight excluding hydrogens is 196 g/mol. The van der Waals surface area contributed by atoms with Crippen molar-refractivity contribution in [2.45, 2.75) is 20.3 Å². The zero-order valence-electron chi connectivity index (χ0n) is 8.65. The molecule has 0 spiro atoms. The lowest BCUT2D eigenvalue weighted by Crippen LogP contribution is -2.08. The van der Waals surface area contributed by atoms with Crippen LogP contribution in [0.5, 0.6) is 11.5 Å². The predicted octanol–water partition coefficient (Wildman–Crippen LogP) is 1.85. The maximum Gasteiger partial charge on any atom is 0.311 e. The Balaban J connectivity index is 3.01. The van der Waals surface area contributed by atoms with Crippen LogP contribution in [-0.4, -0.2) is 12.4 Å². The number of carbonyl (C=O) groups excluding carboxylic acids is 2. The molecule has 1 rings (SSSR count). The molecule has 4 heteroatoms. The van der Waals surface area contributed by atoms with Crippen LogP contribution >= 0.6 is 0 Å². The van der Waals surface area contributed by atoms with Crippen molar-refractivity contribution < 1.29 is 19.1 Å². The number of esters is 1. The van der Waals surface area contributed by atoms with E-state index in [1.165, 1.54) is 0 Å². The monoisotopic (exact) mass is 208 g/mol. The van der Waals surface area contributed by atoms with E-state index in [1.54, 1.807) is 32.0 Å². The van der Waals surface area contributed by atoms with E-state index < -0.39 is 0 Å². The summed E-state index contributed by atoms with van der Waals surface area (Å²) in [4.78, 5) is 21.4. The lowest BCUT2D eigenvalue weighted by Gasteiger charge is -2.09. The molecule has 15 heavy (non-hydrogen) atoms. The van der Waals surface area contributed by atoms with Crippen molar-refractivity contribution in [3.63, 3.8) is 0 Å². The lowest BCUT2D eigenvalue weighted by atomic mass is 10.2. The zero-order valence-corrected chi connectivity index (χ0v) is 8.65. The number of rotatable bonds is 4. The van der Waals surface area contributed by atoms with Gasteiger partial charge in [0.05, 0.1) is 0 Å². The van der Waals surface area contributed by atoms with Crippen molar-refractivity contribution in [2.24, 2.45) is 0 Å². The second-order valence-corrected chi connectivity index (χ2v) is 2.94. The SMILES string of the molecule is CCC(=O)Oc1c(C)cccc1OC=O. The minimum Gasteiger partial charge on any atom is -0.425 e. The van der Waals surface area contributed by atoms with Crippen LogP contribution in [-0.2, 0) is 9.59 Å². The first-order valence-electron chi connectivity index (χ1n) is 4.59. The molecule has 0 atom stereocenters. The highest BCUT2D eigenvalue weighted by molar-refractivity contribution is 5.73. The molecule has 0 unspecified atom stereocenters. The fraction of sp³-hybridized carbons (Fsp3) is 0.273. The third kappa shape index (κ3) is 2.80. The second-order valence-electron chi connectivity index (χ2n) is 2.94. The van der Waals surface area contributed by atoms with Crippen LogP contribution in [0.3, 0.4) is 0 Å². The van der Waals surface area contributed by atoms with Crippen molar-refractivity contribution in [3.8, 4) is 11.5 Å². The smallest absolute Gasteiger partial charge is 0.311 e. The second kappa shape index (κ2) is 5.14. The van der Waals surface area contributed by atoms with Gasteiger partial charge in [0.15, 0.2) is 11.5 Å². The number of hydrogen-bond acceptors (Lipinski definition) is 4. The lowest BCUT2D eigenvalue weighted by molar-refractivity contribution is -0.134. The Hall–Kier alpha value is -1.84. The van der Waals surface area contributed by atoms with Gasteiger partial charge in [0, 0.05) is 6.42 Å². The molecular formula is C11H12O4. The van der Waals surface area contributed by atoms with E-state index >= 15 is 0 Å². The molecule has 0 bridgehead atoms. The molecule has 1 aromatic rings. The summed E-state index contributed by atoms with van der Waals surface area (Å²) in [6.07, 6.45) is 0.273. The summed E-state index contributed by atoms with van der Waals surface area (Å²) >= 11 is 0. The quantitative estimate of drug-likeness (QED) is 0.430. The Morgan fingerprint density at radius 1 is 1.47 bits per heavy atom. The number of ether oxygens (including phenoxy) is 2. The minimum atomic E-state index is -0.361. The largest absolute Gasteiger partial charge is 0.425 e. The van der Waals surface area contributed by atoms with Gasteiger partial charge in [-0.15, -0.1) is 0 Å². The van der Waals surface area contributed by atoms with Gasteiger partial charge in [-0.3, -0.25) is 9.59 Å². The van der Waals surface area contributed by atoms with Gasteiger partial charge in [0.2, 0.25) is 0 Å². The zero-order chi connectivity index (χ0) is 11.3. The average molecular weight is 208 g/mol. The molecule has 0 saturated heterocycles. The van der Waals surface area contributed by atoms with Gasteiger partial charge in [-0.25, -0.2) is 0 Å². The predicted molar refractivity (Wildman–Crippen MR) is 53.8 cm³/mol. The first-order valence-corrected chi connectivity index (χ1v) is 4.59. The molecule has 0 aliphatic heterocycles. The van der Waals surface area contributed by atoms with Gasteiger partial charge >= 0.3 is 5.97 Å². The molecule has 0 aliphatic carbocycles. The van der Waals surface area contributed by atoms with Crippen molar-refractivity contribution in [1.82, 2.24) is 0 Å². The molecule has 1 aromatic carbocycles. The van der Waals surface area contributed by atoms with Gasteiger partial charge in [-0.05, 0) is 18.6 Å². The molecule has 0 amide bonds. The molecule has 80 valence electrons. The number of carbonyl (C=O) groups is 2. The summed E-state index contributed by atoms with van der Waals surface area (Å²) in [5.41, 5.74) is 0.746. The first kappa shape index (κ1) is 11.2. The Bertz CT molecular complexity index is 371. The average Bonchev–Trinajstić information content (AvgIpc) is 2.23. The summed E-state index contributed by atoms with van der Waals surface area (Å²) in [5.74, 6) is 0.197. The van der Waals surface area contributed by atoms with Crippen LogP contribution in [0.2, 0.25) is 0 Å². The Morgan fingerprint density at radius 3 is 2.80 bits per heavy atom. The van der Waals surface area contributed by atoms with E-state index in [2.05, 4.69) is 0 Å². The number of aryl methyl sites for hydroxylation is 1. The summed E-state index contributed by atoms with van der Waals surface area (Å²) in [5, 5.41) is 0. The van der Waals surface area contributed by atoms with Gasteiger partial charge in [-0.2, -0.15) is 0 Å². The van der Waals surface area contributed by atoms with E-state index in [1.807, 2.05) is 0 Å². The van der Waals surface area contributed by atoms with Gasteiger partial charge in [-0.1, -0.05) is 19.1 Å². The van der Waals surface area contributed by atoms with Gasteiger partial charge < -0.3 is 9.47 Å². The first-order chi connectivity index (χ1) is 7.19. The van der Waals surface area contributed by atoms with Crippen molar-refractivity contribution in [2.75, 3.05) is 0 Å². The molecule has 0 N–H and O–H groups in total. The fourth-order valence-corrected chi connectivity index (χ4v) is 1.09. The van der Waals surface area contributed by atoms with E-state index in [0.29, 0.717) is 12.2 Å². The van der Waals surface area contributed by atoms with Crippen LogP contribution in [0, 0.1) is 6.92 Å². The maximum atomic E-state index is 11.1. The van der Waals surface area contributed by atoms with Crippen LogP contribution in [0.4, 0.5) is 0 Å². The summed E-state index contributed by atoms with van der Waals surface area (Å²) < 4.78 is 9.76. The number of hydrogen-bond donors (Lipinski definition) is 0. The Morgan fingerprint density at radius 2 is 2.20 bits per heavy atom. The van der Waals surface area contributed by atoms with Crippen molar-refractivity contribution in [3.05, 3.63) is 23.8 Å². The van der Waals surface area contributed by atoms with Gasteiger partial charge in [0.1, 0.15) is 0 Å². The molecule has 0 aliphatic rings. The van der Waals surface area contributed by atoms with Gasteiger partial charge in [0.25, 0.3) is 6.47 Å². The Labute approximate surface area is 87.8 Å². The topological polar surface area (TPSA) is 52.6 Å². The van der Waals surface area contributed by atoms with Crippen molar-refractivity contribution >= 4 is 12.4 Å². The molecule has 0 aromatic heterocycles. The number of benzene rings is 1. The summed E-state index contributed by atoms with van der Waals surface area (Å²) in [6, 6.07) is 5.06. The molecule has 0 heterocycles. The van der Waals surface area contributed by atoms with E-state index in [9.17, 15) is 9.59 Å². The van der Waals surface area contributed by atoms with Crippen LogP contribution < -0.4 is 9.47 Å². The molecule has 4 nitrogen and oxygen atoms in total. The van der Waals surface area contributed by atoms with E-state index in [0.717, 1.165) is 5.56 Å². The molecule has 0 radical (unpaired) electrons. The van der Waals surface area contributed by atoms with Crippen LogP contribution in [0.15, 0.2) is 18.2 Å². The molecule has 0 fully saturated rings. The summed E-state index contributed by atoms with van der Waals surface area (Å²) in [6.45, 7) is 3.77. The highest BCUT2D eigenvalue weighted by atomic mass is 16.6. The maximum absolute atomic E-state index is 11.1. The van der Waals surface area contributed by atoms with Crippen molar-refractivity contribution in [1.29, 1.82) is 0 Å². The fourth-order valence-electron chi connectivity index (χ4n) is 1.09. The highest BCUT2D eigenvalue weighted by Crippen LogP contribution is 2.30. The third-order valence-electron chi connectivity index (χ3n) is 1.86. The molecule has 0 saturated carbocycles. The standard InChI is InChI=1S/C11H12O4/c1-3-10(13)15-11-8(2)5-4-6-9(11)14-7-12/h4-7H,3H2,1-2H3. The highest BCUT2D eigenvalue weighted by Gasteiger charge is 2.11. The third-order valence-corrected chi connectivity index (χ3v) is 1.86. The normalized spacial score (nSPS) is 9.47. The van der Waals surface area contributed by atoms with Crippen LogP contribution in [0.1, 0.15) is 18.9 Å². The minimum absolute atomic E-state index is 0.256.